The van der Waals surface area contributed by atoms with Crippen LogP contribution in [0.1, 0.15) is 31.1 Å². The minimum Gasteiger partial charge on any atom is -0.494 e. The summed E-state index contributed by atoms with van der Waals surface area (Å²) in [4.78, 5) is 16.3. The van der Waals surface area contributed by atoms with Gasteiger partial charge in [0.15, 0.2) is 0 Å². The monoisotopic (exact) mass is 299 g/mol. The third kappa shape index (κ3) is 4.22. The zero-order valence-corrected chi connectivity index (χ0v) is 13.1. The molecule has 116 valence electrons. The summed E-state index contributed by atoms with van der Waals surface area (Å²) in [7, 11) is 0. The van der Waals surface area contributed by atoms with E-state index in [-0.39, 0.29) is 12.1 Å². The van der Waals surface area contributed by atoms with Crippen molar-refractivity contribution in [3.8, 4) is 5.75 Å². The van der Waals surface area contributed by atoms with Gasteiger partial charge in [0.2, 0.25) is 0 Å². The van der Waals surface area contributed by atoms with E-state index in [0.29, 0.717) is 6.61 Å². The van der Waals surface area contributed by atoms with Crippen LogP contribution in [0.3, 0.4) is 0 Å². The molecule has 22 heavy (non-hydrogen) atoms. The molecule has 0 bridgehead atoms. The molecule has 0 saturated carbocycles. The molecule has 1 aromatic carbocycles. The number of rotatable bonds is 5. The lowest BCUT2D eigenvalue weighted by Gasteiger charge is -2.15. The number of amides is 2. The van der Waals surface area contributed by atoms with Crippen LogP contribution in [0, 0.1) is 6.92 Å². The Morgan fingerprint density at radius 2 is 2.14 bits per heavy atom. The molecule has 0 aliphatic carbocycles. The number of aryl methyl sites for hydroxylation is 1. The number of carbonyl (C=O) groups excluding carboxylic acids is 1. The van der Waals surface area contributed by atoms with Gasteiger partial charge in [-0.05, 0) is 56.7 Å². The van der Waals surface area contributed by atoms with Gasteiger partial charge in [0.05, 0.1) is 18.3 Å². The molecule has 0 aliphatic rings. The standard InChI is InChI=1S/C17H21N3O2/c1-4-22-16-9-8-14(11-12(16)2)20-17(21)19-13(3)15-7-5-6-10-18-15/h5-11,13H,4H2,1-3H3,(H2,19,20,21)/t13-/m0/s1. The summed E-state index contributed by atoms with van der Waals surface area (Å²) in [5.74, 6) is 0.829. The molecule has 5 nitrogen and oxygen atoms in total. The van der Waals surface area contributed by atoms with Crippen LogP contribution >= 0.6 is 0 Å². The van der Waals surface area contributed by atoms with E-state index in [4.69, 9.17) is 4.74 Å². The van der Waals surface area contributed by atoms with E-state index >= 15 is 0 Å². The van der Waals surface area contributed by atoms with Gasteiger partial charge < -0.3 is 15.4 Å². The first-order valence-corrected chi connectivity index (χ1v) is 7.32. The zero-order valence-electron chi connectivity index (χ0n) is 13.1. The lowest BCUT2D eigenvalue weighted by atomic mass is 10.2. The number of nitrogens with one attached hydrogen (secondary N) is 2. The van der Waals surface area contributed by atoms with Crippen LogP contribution in [0.2, 0.25) is 0 Å². The number of hydrogen-bond donors (Lipinski definition) is 2. The fourth-order valence-corrected chi connectivity index (χ4v) is 2.11. The third-order valence-electron chi connectivity index (χ3n) is 3.21. The van der Waals surface area contributed by atoms with E-state index in [1.54, 1.807) is 6.20 Å². The fourth-order valence-electron chi connectivity index (χ4n) is 2.11. The molecule has 0 aliphatic heterocycles. The second-order valence-electron chi connectivity index (χ2n) is 4.99. The van der Waals surface area contributed by atoms with Gasteiger partial charge in [0.1, 0.15) is 5.75 Å². The molecule has 1 heterocycles. The molecule has 2 aromatic rings. The Kier molecular flexibility index (Phi) is 5.36. The molecule has 2 N–H and O–H groups in total. The van der Waals surface area contributed by atoms with Crippen LogP contribution in [0.25, 0.3) is 0 Å². The second kappa shape index (κ2) is 7.45. The van der Waals surface area contributed by atoms with Gasteiger partial charge in [-0.15, -0.1) is 0 Å². The van der Waals surface area contributed by atoms with Crippen molar-refractivity contribution in [2.24, 2.45) is 0 Å². The lowest BCUT2D eigenvalue weighted by molar-refractivity contribution is 0.249. The molecule has 0 fully saturated rings. The van der Waals surface area contributed by atoms with E-state index in [0.717, 1.165) is 22.7 Å². The van der Waals surface area contributed by atoms with Gasteiger partial charge in [0.25, 0.3) is 0 Å². The number of anilines is 1. The van der Waals surface area contributed by atoms with Crippen LogP contribution in [0.4, 0.5) is 10.5 Å². The zero-order chi connectivity index (χ0) is 15.9. The molecule has 5 heteroatoms. The molecule has 0 radical (unpaired) electrons. The Labute approximate surface area is 130 Å². The summed E-state index contributed by atoms with van der Waals surface area (Å²) in [6.07, 6.45) is 1.71. The number of aromatic nitrogens is 1. The quantitative estimate of drug-likeness (QED) is 0.885. The van der Waals surface area contributed by atoms with Crippen LogP contribution in [0.15, 0.2) is 42.6 Å². The maximum Gasteiger partial charge on any atom is 0.319 e. The smallest absolute Gasteiger partial charge is 0.319 e. The van der Waals surface area contributed by atoms with Gasteiger partial charge in [-0.2, -0.15) is 0 Å². The molecule has 1 atom stereocenters. The Hall–Kier alpha value is -2.56. The van der Waals surface area contributed by atoms with Gasteiger partial charge in [-0.1, -0.05) is 6.07 Å². The predicted octanol–water partition coefficient (Wildman–Crippen LogP) is 3.67. The van der Waals surface area contributed by atoms with Crippen molar-refractivity contribution < 1.29 is 9.53 Å². The SMILES string of the molecule is CCOc1ccc(NC(=O)N[C@@H](C)c2ccccn2)cc1C. The van der Waals surface area contributed by atoms with Gasteiger partial charge in [0, 0.05) is 11.9 Å². The maximum absolute atomic E-state index is 12.0. The predicted molar refractivity (Wildman–Crippen MR) is 87.2 cm³/mol. The summed E-state index contributed by atoms with van der Waals surface area (Å²) in [5, 5.41) is 5.68. The number of hydrogen-bond acceptors (Lipinski definition) is 3. The van der Waals surface area contributed by atoms with E-state index in [9.17, 15) is 4.79 Å². The molecule has 2 amide bonds. The van der Waals surface area contributed by atoms with Crippen molar-refractivity contribution in [2.75, 3.05) is 11.9 Å². The lowest BCUT2D eigenvalue weighted by Crippen LogP contribution is -2.31. The highest BCUT2D eigenvalue weighted by molar-refractivity contribution is 5.89. The van der Waals surface area contributed by atoms with Crippen molar-refractivity contribution in [2.45, 2.75) is 26.8 Å². The Bertz CT molecular complexity index is 629. The van der Waals surface area contributed by atoms with Crippen LogP contribution < -0.4 is 15.4 Å². The molecule has 0 unspecified atom stereocenters. The molecule has 1 aromatic heterocycles. The topological polar surface area (TPSA) is 63.2 Å². The van der Waals surface area contributed by atoms with Crippen molar-refractivity contribution in [1.82, 2.24) is 10.3 Å². The van der Waals surface area contributed by atoms with Crippen molar-refractivity contribution in [1.29, 1.82) is 0 Å². The molecule has 0 saturated heterocycles. The first-order chi connectivity index (χ1) is 10.6. The minimum atomic E-state index is -0.262. The summed E-state index contributed by atoms with van der Waals surface area (Å²) in [6, 6.07) is 10.8. The summed E-state index contributed by atoms with van der Waals surface area (Å²) < 4.78 is 5.48. The van der Waals surface area contributed by atoms with Crippen molar-refractivity contribution in [3.05, 3.63) is 53.9 Å². The molecule has 2 rings (SSSR count). The van der Waals surface area contributed by atoms with Gasteiger partial charge in [-0.25, -0.2) is 4.79 Å². The summed E-state index contributed by atoms with van der Waals surface area (Å²) >= 11 is 0. The Morgan fingerprint density at radius 3 is 2.77 bits per heavy atom. The van der Waals surface area contributed by atoms with Crippen LogP contribution in [0.5, 0.6) is 5.75 Å². The van der Waals surface area contributed by atoms with Gasteiger partial charge in [-0.3, -0.25) is 4.98 Å². The number of nitrogens with zero attached hydrogens (tertiary/aromatic N) is 1. The fraction of sp³-hybridized carbons (Fsp3) is 0.294. The molecular weight excluding hydrogens is 278 g/mol. The highest BCUT2D eigenvalue weighted by atomic mass is 16.5. The number of urea groups is 1. The van der Waals surface area contributed by atoms with E-state index < -0.39 is 0 Å². The summed E-state index contributed by atoms with van der Waals surface area (Å²) in [5.41, 5.74) is 2.53. The van der Waals surface area contributed by atoms with E-state index in [2.05, 4.69) is 15.6 Å². The van der Waals surface area contributed by atoms with Crippen LogP contribution in [-0.4, -0.2) is 17.6 Å². The third-order valence-corrected chi connectivity index (χ3v) is 3.21. The normalized spacial score (nSPS) is 11.6. The maximum atomic E-state index is 12.0. The largest absolute Gasteiger partial charge is 0.494 e. The molecule has 0 spiro atoms. The average molecular weight is 299 g/mol. The first kappa shape index (κ1) is 15.8. The summed E-state index contributed by atoms with van der Waals surface area (Å²) in [6.45, 7) is 6.41. The number of benzene rings is 1. The van der Waals surface area contributed by atoms with E-state index in [1.807, 2.05) is 57.2 Å². The number of ether oxygens (including phenoxy) is 1. The number of pyridine rings is 1. The van der Waals surface area contributed by atoms with Crippen molar-refractivity contribution >= 4 is 11.7 Å². The van der Waals surface area contributed by atoms with Crippen molar-refractivity contribution in [3.63, 3.8) is 0 Å². The number of carbonyl (C=O) groups is 1. The van der Waals surface area contributed by atoms with E-state index in [1.165, 1.54) is 0 Å². The van der Waals surface area contributed by atoms with Crippen LogP contribution in [-0.2, 0) is 0 Å². The Balaban J connectivity index is 1.96. The highest BCUT2D eigenvalue weighted by Crippen LogP contribution is 2.22. The molecular formula is C17H21N3O2. The first-order valence-electron chi connectivity index (χ1n) is 7.32. The van der Waals surface area contributed by atoms with Gasteiger partial charge >= 0.3 is 6.03 Å². The second-order valence-corrected chi connectivity index (χ2v) is 4.99. The Morgan fingerprint density at radius 1 is 1.32 bits per heavy atom. The average Bonchev–Trinajstić information content (AvgIpc) is 2.51. The highest BCUT2D eigenvalue weighted by Gasteiger charge is 2.10. The minimum absolute atomic E-state index is 0.162.